The molecule has 1 aliphatic heterocycles. The molecule has 1 aromatic rings. The number of benzene rings is 1. The van der Waals surface area contributed by atoms with E-state index < -0.39 is 15.4 Å². The molecule has 0 spiro atoms. The second-order valence-corrected chi connectivity index (χ2v) is 6.43. The molecule has 2 N–H and O–H groups in total. The summed E-state index contributed by atoms with van der Waals surface area (Å²) in [6.07, 6.45) is 0.730. The fourth-order valence-electron chi connectivity index (χ4n) is 1.84. The van der Waals surface area contributed by atoms with Crippen LogP contribution in [0.1, 0.15) is 30.1 Å². The minimum absolute atomic E-state index is 0.00506. The lowest BCUT2D eigenvalue weighted by molar-refractivity contribution is -0.137. The minimum atomic E-state index is -0.865. The molecule has 0 fully saturated rings. The Balaban J connectivity index is 2.24. The van der Waals surface area contributed by atoms with E-state index in [1.165, 1.54) is 12.1 Å². The molecule has 0 radical (unpaired) electrons. The van der Waals surface area contributed by atoms with Crippen molar-refractivity contribution >= 4 is 34.5 Å². The number of aromatic hydroxyl groups is 1. The number of aliphatic hydroxyl groups is 1. The van der Waals surface area contributed by atoms with E-state index in [2.05, 4.69) is 0 Å². The topological polar surface area (TPSA) is 93.1 Å². The lowest BCUT2D eigenvalue weighted by atomic mass is 10.0. The summed E-state index contributed by atoms with van der Waals surface area (Å²) in [7, 11) is 0. The van der Waals surface area contributed by atoms with Gasteiger partial charge in [-0.15, -0.1) is 0 Å². The van der Waals surface area contributed by atoms with E-state index in [-0.39, 0.29) is 35.8 Å². The van der Waals surface area contributed by atoms with Crippen LogP contribution >= 0.6 is 22.6 Å². The summed E-state index contributed by atoms with van der Waals surface area (Å²) in [5.74, 6) is -1.69. The van der Waals surface area contributed by atoms with Crippen LogP contribution in [0.15, 0.2) is 12.1 Å². The van der Waals surface area contributed by atoms with Gasteiger partial charge in [0, 0.05) is 6.61 Å². The van der Waals surface area contributed by atoms with Gasteiger partial charge < -0.3 is 19.7 Å². The monoisotopic (exact) mass is 392 g/mol. The zero-order valence-electron chi connectivity index (χ0n) is 10.7. The number of aliphatic hydroxyl groups excluding tert-OH is 1. The van der Waals surface area contributed by atoms with Gasteiger partial charge in [0.25, 0.3) is 0 Å². The van der Waals surface area contributed by atoms with Crippen molar-refractivity contribution < 1.29 is 29.3 Å². The highest BCUT2D eigenvalue weighted by molar-refractivity contribution is 14.1. The normalized spacial score (nSPS) is 15.7. The van der Waals surface area contributed by atoms with Crippen molar-refractivity contribution in [2.75, 3.05) is 6.61 Å². The van der Waals surface area contributed by atoms with Crippen LogP contribution in [0, 0.1) is 0 Å². The van der Waals surface area contributed by atoms with Gasteiger partial charge in [0.1, 0.15) is 8.99 Å². The van der Waals surface area contributed by atoms with Gasteiger partial charge in [-0.2, -0.15) is 0 Å². The van der Waals surface area contributed by atoms with Crippen molar-refractivity contribution in [2.24, 2.45) is 0 Å². The summed E-state index contributed by atoms with van der Waals surface area (Å²) in [4.78, 5) is 23.5. The highest BCUT2D eigenvalue weighted by atomic mass is 127. The third-order valence-corrected chi connectivity index (χ3v) is 4.89. The molecule has 108 valence electrons. The second kappa shape index (κ2) is 5.57. The van der Waals surface area contributed by atoms with Crippen LogP contribution in [0.3, 0.4) is 0 Å². The number of rotatable bonds is 5. The smallest absolute Gasteiger partial charge is 0.347 e. The third kappa shape index (κ3) is 2.47. The maximum Gasteiger partial charge on any atom is 0.347 e. The highest BCUT2D eigenvalue weighted by Gasteiger charge is 2.37. The molecule has 20 heavy (non-hydrogen) atoms. The number of halogens is 1. The fraction of sp³-hybridized carbons (Fsp3) is 0.385. The Kier molecular flexibility index (Phi) is 4.19. The Morgan fingerprint density at radius 3 is 2.80 bits per heavy atom. The second-order valence-electron chi connectivity index (χ2n) is 4.36. The van der Waals surface area contributed by atoms with Crippen LogP contribution < -0.4 is 9.47 Å². The molecule has 2 bridgehead atoms. The van der Waals surface area contributed by atoms with Crippen molar-refractivity contribution in [2.45, 2.75) is 23.2 Å². The highest BCUT2D eigenvalue weighted by Crippen LogP contribution is 2.45. The molecule has 0 aromatic heterocycles. The average molecular weight is 392 g/mol. The maximum absolute atomic E-state index is 12.2. The van der Waals surface area contributed by atoms with Crippen LogP contribution in [-0.2, 0) is 4.79 Å². The van der Waals surface area contributed by atoms with Crippen molar-refractivity contribution in [1.82, 2.24) is 0 Å². The molecular weight excluding hydrogens is 379 g/mol. The number of phenols is 1. The van der Waals surface area contributed by atoms with E-state index in [9.17, 15) is 14.7 Å². The molecule has 1 aliphatic rings. The van der Waals surface area contributed by atoms with Gasteiger partial charge in [-0.25, -0.2) is 4.79 Å². The lowest BCUT2D eigenvalue weighted by Gasteiger charge is -2.22. The van der Waals surface area contributed by atoms with Gasteiger partial charge in [0.15, 0.2) is 11.5 Å². The van der Waals surface area contributed by atoms with E-state index in [4.69, 9.17) is 14.6 Å². The van der Waals surface area contributed by atoms with Gasteiger partial charge in [-0.05, 0) is 25.0 Å². The van der Waals surface area contributed by atoms with Crippen LogP contribution in [0.4, 0.5) is 0 Å². The SMILES string of the molecule is CCC(I)(CCO)C(=O)Oc1ccc2c(O)c1OC2=O. The molecule has 1 unspecified atom stereocenters. The van der Waals surface area contributed by atoms with E-state index in [1.54, 1.807) is 0 Å². The Bertz CT molecular complexity index is 570. The first-order valence-electron chi connectivity index (χ1n) is 6.03. The molecule has 0 saturated carbocycles. The minimum Gasteiger partial charge on any atom is -0.504 e. The largest absolute Gasteiger partial charge is 0.504 e. The van der Waals surface area contributed by atoms with E-state index in [0.717, 1.165) is 0 Å². The molecule has 0 aliphatic carbocycles. The molecule has 6 nitrogen and oxygen atoms in total. The summed E-state index contributed by atoms with van der Waals surface area (Å²) in [5, 5.41) is 18.7. The van der Waals surface area contributed by atoms with Crippen molar-refractivity contribution in [3.05, 3.63) is 17.7 Å². The Labute approximate surface area is 128 Å². The maximum atomic E-state index is 12.2. The zero-order chi connectivity index (χ0) is 14.9. The molecule has 7 heteroatoms. The van der Waals surface area contributed by atoms with Crippen molar-refractivity contribution in [1.29, 1.82) is 0 Å². The fourth-order valence-corrected chi connectivity index (χ4v) is 2.19. The number of fused-ring (bicyclic) bond motifs is 2. The van der Waals surface area contributed by atoms with Gasteiger partial charge >= 0.3 is 11.9 Å². The van der Waals surface area contributed by atoms with Crippen LogP contribution in [0.2, 0.25) is 0 Å². The first-order chi connectivity index (χ1) is 9.42. The molecule has 1 aromatic carbocycles. The summed E-state index contributed by atoms with van der Waals surface area (Å²) >= 11 is 1.94. The number of carbonyl (C=O) groups is 2. The standard InChI is InChI=1S/C13H13IO6/c1-2-13(14,5-6-15)12(18)19-8-4-3-7-9(16)10(8)20-11(7)17/h3-4,15-16H,2,5-6H2,1H3. The number of hydrogen-bond donors (Lipinski definition) is 2. The van der Waals surface area contributed by atoms with E-state index in [1.807, 2.05) is 29.5 Å². The quantitative estimate of drug-likeness (QED) is 0.344. The predicted molar refractivity (Wildman–Crippen MR) is 77.4 cm³/mol. The summed E-state index contributed by atoms with van der Waals surface area (Å²) in [5.41, 5.74) is 0.0476. The summed E-state index contributed by atoms with van der Waals surface area (Å²) < 4.78 is 9.19. The number of hydrogen-bond acceptors (Lipinski definition) is 6. The predicted octanol–water partition coefficient (Wildman–Crippen LogP) is 1.80. The Hall–Kier alpha value is -1.35. The first-order valence-corrected chi connectivity index (χ1v) is 7.11. The summed E-state index contributed by atoms with van der Waals surface area (Å²) in [6.45, 7) is 1.67. The molecular formula is C13H13IO6. The number of ether oxygens (including phenoxy) is 2. The first kappa shape index (κ1) is 15.0. The van der Waals surface area contributed by atoms with Gasteiger partial charge in [-0.1, -0.05) is 29.5 Å². The molecule has 2 rings (SSSR count). The molecule has 1 heterocycles. The zero-order valence-corrected chi connectivity index (χ0v) is 12.8. The number of alkyl halides is 1. The lowest BCUT2D eigenvalue weighted by Crippen LogP contribution is -2.36. The van der Waals surface area contributed by atoms with Crippen molar-refractivity contribution in [3.8, 4) is 17.2 Å². The van der Waals surface area contributed by atoms with Gasteiger partial charge in [0.2, 0.25) is 5.75 Å². The number of esters is 2. The van der Waals surface area contributed by atoms with Crippen LogP contribution in [0.25, 0.3) is 0 Å². The number of carbonyl (C=O) groups excluding carboxylic acids is 2. The van der Waals surface area contributed by atoms with E-state index >= 15 is 0 Å². The van der Waals surface area contributed by atoms with Crippen LogP contribution in [0.5, 0.6) is 17.2 Å². The van der Waals surface area contributed by atoms with E-state index in [0.29, 0.717) is 6.42 Å². The Morgan fingerprint density at radius 2 is 2.20 bits per heavy atom. The summed E-state index contributed by atoms with van der Waals surface area (Å²) in [6, 6.07) is 2.74. The number of phenolic OH excluding ortho intramolecular Hbond substituents is 1. The average Bonchev–Trinajstić information content (AvgIpc) is 2.59. The molecule has 1 atom stereocenters. The van der Waals surface area contributed by atoms with Gasteiger partial charge in [-0.3, -0.25) is 4.79 Å². The Morgan fingerprint density at radius 1 is 1.50 bits per heavy atom. The van der Waals surface area contributed by atoms with Gasteiger partial charge in [0.05, 0.1) is 0 Å². The third-order valence-electron chi connectivity index (χ3n) is 3.15. The van der Waals surface area contributed by atoms with Crippen molar-refractivity contribution in [3.63, 3.8) is 0 Å². The molecule has 0 amide bonds. The van der Waals surface area contributed by atoms with Crippen LogP contribution in [-0.4, -0.2) is 32.2 Å². The molecule has 0 saturated heterocycles.